The molecule has 9 heteroatoms. The molecule has 170 valence electrons. The molecule has 0 saturated heterocycles. The summed E-state index contributed by atoms with van der Waals surface area (Å²) in [4.78, 5) is 13.5. The monoisotopic (exact) mass is 518 g/mol. The van der Waals surface area contributed by atoms with Crippen LogP contribution in [0, 0.1) is 6.92 Å². The minimum Gasteiger partial charge on any atom is -0.321 e. The highest BCUT2D eigenvalue weighted by Gasteiger charge is 2.24. The summed E-state index contributed by atoms with van der Waals surface area (Å²) in [5, 5.41) is 4.43. The molecule has 0 saturated carbocycles. The number of nitrogens with zero attached hydrogens (tertiary/aromatic N) is 1. The zero-order valence-corrected chi connectivity index (χ0v) is 20.9. The van der Waals surface area contributed by atoms with Crippen molar-refractivity contribution in [2.45, 2.75) is 18.7 Å². The van der Waals surface area contributed by atoms with Crippen molar-refractivity contribution >= 4 is 71.9 Å². The van der Waals surface area contributed by atoms with Gasteiger partial charge >= 0.3 is 0 Å². The molecule has 1 N–H and O–H groups in total. The largest absolute Gasteiger partial charge is 0.321 e. The number of sulfonamides is 1. The molecule has 0 spiro atoms. The van der Waals surface area contributed by atoms with Crippen LogP contribution in [0.2, 0.25) is 10.0 Å². The van der Waals surface area contributed by atoms with Crippen LogP contribution in [0.15, 0.2) is 71.6 Å². The zero-order chi connectivity index (χ0) is 23.8. The number of hydrogen-bond acceptors (Lipinski definition) is 4. The lowest BCUT2D eigenvalue weighted by atomic mass is 10.2. The number of hydrogen-bond donors (Lipinski definition) is 1. The van der Waals surface area contributed by atoms with Gasteiger partial charge < -0.3 is 5.32 Å². The van der Waals surface area contributed by atoms with E-state index in [1.54, 1.807) is 67.6 Å². The van der Waals surface area contributed by atoms with E-state index in [-0.39, 0.29) is 17.3 Å². The van der Waals surface area contributed by atoms with Crippen molar-refractivity contribution in [3.05, 3.63) is 87.2 Å². The van der Waals surface area contributed by atoms with Crippen molar-refractivity contribution in [3.8, 4) is 0 Å². The zero-order valence-electron chi connectivity index (χ0n) is 17.8. The second-order valence-corrected chi connectivity index (χ2v) is 11.2. The fourth-order valence-electron chi connectivity index (χ4n) is 3.45. The summed E-state index contributed by atoms with van der Waals surface area (Å²) in [5.41, 5.74) is 2.02. The molecule has 0 aliphatic rings. The Hall–Kier alpha value is -2.58. The predicted molar refractivity (Wildman–Crippen MR) is 138 cm³/mol. The van der Waals surface area contributed by atoms with Gasteiger partial charge in [0.25, 0.3) is 15.9 Å². The van der Waals surface area contributed by atoms with E-state index < -0.39 is 10.0 Å². The first-order chi connectivity index (χ1) is 15.7. The van der Waals surface area contributed by atoms with E-state index in [1.807, 2.05) is 13.0 Å². The highest BCUT2D eigenvalue weighted by Crippen LogP contribution is 2.32. The number of amides is 1. The Labute approximate surface area is 206 Å². The predicted octanol–water partition coefficient (Wildman–Crippen LogP) is 6.98. The van der Waals surface area contributed by atoms with E-state index in [4.69, 9.17) is 23.2 Å². The van der Waals surface area contributed by atoms with E-state index in [1.165, 1.54) is 15.6 Å². The molecular weight excluding hydrogens is 499 g/mol. The molecule has 1 heterocycles. The summed E-state index contributed by atoms with van der Waals surface area (Å²) in [6.07, 6.45) is 0. The summed E-state index contributed by atoms with van der Waals surface area (Å²) in [5.74, 6) is -0.296. The van der Waals surface area contributed by atoms with Gasteiger partial charge in [-0.15, -0.1) is 11.3 Å². The SMILES string of the molecule is CCN(c1ccc2sc(C(=O)Nc3cc(Cl)cc(Cl)c3)cc2c1)S(=O)(=O)c1ccc(C)cc1. The highest BCUT2D eigenvalue weighted by molar-refractivity contribution is 7.92. The van der Waals surface area contributed by atoms with Gasteiger partial charge in [0.1, 0.15) is 0 Å². The third-order valence-electron chi connectivity index (χ3n) is 5.03. The molecule has 0 fully saturated rings. The number of halogens is 2. The molecule has 3 aromatic carbocycles. The van der Waals surface area contributed by atoms with E-state index in [0.717, 1.165) is 15.6 Å². The van der Waals surface area contributed by atoms with Gasteiger partial charge in [-0.05, 0) is 73.8 Å². The molecule has 0 aliphatic heterocycles. The number of carbonyl (C=O) groups is 1. The van der Waals surface area contributed by atoms with Crippen LogP contribution in [0.1, 0.15) is 22.2 Å². The first-order valence-electron chi connectivity index (χ1n) is 10.1. The number of anilines is 2. The average molecular weight is 519 g/mol. The minimum absolute atomic E-state index is 0.237. The molecule has 0 aliphatic carbocycles. The average Bonchev–Trinajstić information content (AvgIpc) is 3.17. The Morgan fingerprint density at radius 1 is 0.970 bits per heavy atom. The summed E-state index contributed by atoms with van der Waals surface area (Å²) in [6, 6.07) is 18.7. The Morgan fingerprint density at radius 3 is 2.27 bits per heavy atom. The molecule has 0 atom stereocenters. The van der Waals surface area contributed by atoms with Crippen molar-refractivity contribution in [2.24, 2.45) is 0 Å². The van der Waals surface area contributed by atoms with Gasteiger partial charge in [0, 0.05) is 27.0 Å². The third-order valence-corrected chi connectivity index (χ3v) is 8.50. The van der Waals surface area contributed by atoms with Gasteiger partial charge in [0.15, 0.2) is 0 Å². The summed E-state index contributed by atoms with van der Waals surface area (Å²) in [7, 11) is -3.72. The number of fused-ring (bicyclic) bond motifs is 1. The van der Waals surface area contributed by atoms with Crippen LogP contribution >= 0.6 is 34.5 Å². The molecule has 4 rings (SSSR count). The summed E-state index contributed by atoms with van der Waals surface area (Å²) in [6.45, 7) is 3.97. The number of nitrogens with one attached hydrogen (secondary N) is 1. The van der Waals surface area contributed by atoms with Gasteiger partial charge in [-0.3, -0.25) is 9.10 Å². The lowest BCUT2D eigenvalue weighted by molar-refractivity contribution is 0.103. The lowest BCUT2D eigenvalue weighted by Gasteiger charge is -2.23. The van der Waals surface area contributed by atoms with Gasteiger partial charge in [-0.2, -0.15) is 0 Å². The lowest BCUT2D eigenvalue weighted by Crippen LogP contribution is -2.30. The number of thiophene rings is 1. The maximum absolute atomic E-state index is 13.2. The fourth-order valence-corrected chi connectivity index (χ4v) is 6.38. The fraction of sp³-hybridized carbons (Fsp3) is 0.125. The molecule has 4 aromatic rings. The van der Waals surface area contributed by atoms with Gasteiger partial charge in [-0.1, -0.05) is 40.9 Å². The second-order valence-electron chi connectivity index (χ2n) is 7.43. The van der Waals surface area contributed by atoms with Crippen molar-refractivity contribution < 1.29 is 13.2 Å². The Balaban J connectivity index is 1.64. The molecule has 1 amide bonds. The minimum atomic E-state index is -3.72. The second kappa shape index (κ2) is 9.35. The van der Waals surface area contributed by atoms with E-state index in [0.29, 0.717) is 26.3 Å². The van der Waals surface area contributed by atoms with Gasteiger partial charge in [-0.25, -0.2) is 8.42 Å². The van der Waals surface area contributed by atoms with Crippen LogP contribution in [0.3, 0.4) is 0 Å². The van der Waals surface area contributed by atoms with E-state index >= 15 is 0 Å². The summed E-state index contributed by atoms with van der Waals surface area (Å²) >= 11 is 13.3. The molecule has 33 heavy (non-hydrogen) atoms. The molecule has 5 nitrogen and oxygen atoms in total. The smallest absolute Gasteiger partial charge is 0.265 e. The molecule has 1 aromatic heterocycles. The first kappa shape index (κ1) is 23.6. The number of rotatable bonds is 6. The number of aryl methyl sites for hydroxylation is 1. The Bertz CT molecular complexity index is 1430. The van der Waals surface area contributed by atoms with Crippen molar-refractivity contribution in [1.82, 2.24) is 0 Å². The Morgan fingerprint density at radius 2 is 1.64 bits per heavy atom. The van der Waals surface area contributed by atoms with Crippen molar-refractivity contribution in [1.29, 1.82) is 0 Å². The van der Waals surface area contributed by atoms with Crippen LogP contribution in [0.5, 0.6) is 0 Å². The quantitative estimate of drug-likeness (QED) is 0.299. The van der Waals surface area contributed by atoms with Gasteiger partial charge in [0.05, 0.1) is 15.5 Å². The number of benzene rings is 3. The molecule has 0 bridgehead atoms. The topological polar surface area (TPSA) is 66.5 Å². The standard InChI is InChI=1S/C24H20Cl2N2O3S2/c1-3-28(33(30,31)21-7-4-15(2)5-8-21)20-6-9-22-16(10-20)11-23(32-22)24(29)27-19-13-17(25)12-18(26)14-19/h4-14H,3H2,1-2H3,(H,27,29). The summed E-state index contributed by atoms with van der Waals surface area (Å²) < 4.78 is 28.7. The molecule has 0 radical (unpaired) electrons. The van der Waals surface area contributed by atoms with Crippen LogP contribution < -0.4 is 9.62 Å². The number of carbonyl (C=O) groups excluding carboxylic acids is 1. The van der Waals surface area contributed by atoms with E-state index in [9.17, 15) is 13.2 Å². The van der Waals surface area contributed by atoms with Gasteiger partial charge in [0.2, 0.25) is 0 Å². The maximum Gasteiger partial charge on any atom is 0.265 e. The Kier molecular flexibility index (Phi) is 6.68. The van der Waals surface area contributed by atoms with Crippen LogP contribution in [-0.4, -0.2) is 20.9 Å². The van der Waals surface area contributed by atoms with Crippen LogP contribution in [0.4, 0.5) is 11.4 Å². The van der Waals surface area contributed by atoms with Crippen LogP contribution in [0.25, 0.3) is 10.1 Å². The molecule has 0 unspecified atom stereocenters. The van der Waals surface area contributed by atoms with E-state index in [2.05, 4.69) is 5.32 Å². The van der Waals surface area contributed by atoms with Crippen molar-refractivity contribution in [3.63, 3.8) is 0 Å². The molecular formula is C24H20Cl2N2O3S2. The van der Waals surface area contributed by atoms with Crippen molar-refractivity contribution in [2.75, 3.05) is 16.2 Å². The third kappa shape index (κ3) is 5.01. The maximum atomic E-state index is 13.2. The first-order valence-corrected chi connectivity index (χ1v) is 13.1. The normalized spacial score (nSPS) is 11.5. The van der Waals surface area contributed by atoms with Crippen LogP contribution in [-0.2, 0) is 10.0 Å². The highest BCUT2D eigenvalue weighted by atomic mass is 35.5.